The normalized spacial score (nSPS) is 10.8. The first-order valence-corrected chi connectivity index (χ1v) is 9.64. The van der Waals surface area contributed by atoms with E-state index in [0.29, 0.717) is 6.54 Å². The Morgan fingerprint density at radius 3 is 2.50 bits per heavy atom. The van der Waals surface area contributed by atoms with Gasteiger partial charge >= 0.3 is 0 Å². The largest absolute Gasteiger partial charge is 0.497 e. The summed E-state index contributed by atoms with van der Waals surface area (Å²) in [5, 5.41) is 3.07. The van der Waals surface area contributed by atoms with Crippen molar-refractivity contribution in [1.29, 1.82) is 0 Å². The van der Waals surface area contributed by atoms with Gasteiger partial charge in [-0.25, -0.2) is 0 Å². The smallest absolute Gasteiger partial charge is 0.272 e. The van der Waals surface area contributed by atoms with Gasteiger partial charge in [0.05, 0.1) is 7.11 Å². The van der Waals surface area contributed by atoms with E-state index < -0.39 is 0 Å². The van der Waals surface area contributed by atoms with Crippen molar-refractivity contribution in [2.45, 2.75) is 40.7 Å². The summed E-state index contributed by atoms with van der Waals surface area (Å²) in [5.41, 5.74) is 7.17. The lowest BCUT2D eigenvalue weighted by Crippen LogP contribution is -2.19. The zero-order chi connectivity index (χ0) is 20.3. The molecule has 0 saturated carbocycles. The molecule has 0 aliphatic rings. The van der Waals surface area contributed by atoms with Gasteiger partial charge in [0, 0.05) is 17.9 Å². The van der Waals surface area contributed by atoms with E-state index in [2.05, 4.69) is 29.8 Å². The van der Waals surface area contributed by atoms with Crippen LogP contribution in [0.2, 0.25) is 0 Å². The van der Waals surface area contributed by atoms with Gasteiger partial charge in [-0.05, 0) is 73.7 Å². The van der Waals surface area contributed by atoms with E-state index in [1.54, 1.807) is 7.11 Å². The van der Waals surface area contributed by atoms with Gasteiger partial charge in [-0.1, -0.05) is 31.2 Å². The molecule has 146 valence electrons. The number of aromatic nitrogens is 1. The average molecular weight is 377 g/mol. The molecule has 1 amide bonds. The summed E-state index contributed by atoms with van der Waals surface area (Å²) in [6.45, 7) is 8.91. The van der Waals surface area contributed by atoms with Gasteiger partial charge in [0.15, 0.2) is 0 Å². The monoisotopic (exact) mass is 376 g/mol. The summed E-state index contributed by atoms with van der Waals surface area (Å²) in [4.78, 5) is 13.2. The molecule has 0 spiro atoms. The van der Waals surface area contributed by atoms with Crippen LogP contribution in [0.4, 0.5) is 5.69 Å². The molecule has 0 fully saturated rings. The molecule has 1 aromatic heterocycles. The van der Waals surface area contributed by atoms with Crippen molar-refractivity contribution >= 4 is 11.6 Å². The first-order chi connectivity index (χ1) is 13.4. The van der Waals surface area contributed by atoms with Gasteiger partial charge < -0.3 is 14.6 Å². The molecule has 0 saturated heterocycles. The van der Waals surface area contributed by atoms with E-state index in [9.17, 15) is 4.79 Å². The van der Waals surface area contributed by atoms with Gasteiger partial charge in [-0.15, -0.1) is 0 Å². The molecule has 0 atom stereocenters. The number of methoxy groups -OCH3 is 1. The first-order valence-electron chi connectivity index (χ1n) is 9.64. The van der Waals surface area contributed by atoms with Crippen molar-refractivity contribution in [1.82, 2.24) is 4.57 Å². The van der Waals surface area contributed by atoms with E-state index >= 15 is 0 Å². The lowest BCUT2D eigenvalue weighted by atomic mass is 10.1. The summed E-state index contributed by atoms with van der Waals surface area (Å²) in [6, 6.07) is 15.9. The number of ether oxygens (including phenoxy) is 1. The molecule has 0 radical (unpaired) electrons. The fraction of sp³-hybridized carbons (Fsp3) is 0.292. The molecule has 4 heteroatoms. The van der Waals surface area contributed by atoms with Crippen LogP contribution in [0.15, 0.2) is 48.5 Å². The van der Waals surface area contributed by atoms with Crippen LogP contribution >= 0.6 is 0 Å². The highest BCUT2D eigenvalue weighted by molar-refractivity contribution is 6.04. The van der Waals surface area contributed by atoms with Crippen LogP contribution in [0.3, 0.4) is 0 Å². The van der Waals surface area contributed by atoms with Gasteiger partial charge in [0.25, 0.3) is 5.91 Å². The van der Waals surface area contributed by atoms with Crippen LogP contribution in [0.5, 0.6) is 5.75 Å². The maximum absolute atomic E-state index is 13.2. The topological polar surface area (TPSA) is 43.3 Å². The second-order valence-corrected chi connectivity index (χ2v) is 7.15. The summed E-state index contributed by atoms with van der Waals surface area (Å²) in [6.07, 6.45) is 0.896. The summed E-state index contributed by atoms with van der Waals surface area (Å²) in [7, 11) is 1.67. The van der Waals surface area contributed by atoms with E-state index in [0.717, 1.165) is 45.9 Å². The molecule has 4 nitrogen and oxygen atoms in total. The zero-order valence-electron chi connectivity index (χ0n) is 17.3. The maximum atomic E-state index is 13.2. The number of amides is 1. The van der Waals surface area contributed by atoms with Crippen LogP contribution in [0.25, 0.3) is 0 Å². The third kappa shape index (κ3) is 3.96. The average Bonchev–Trinajstić information content (AvgIpc) is 2.91. The Kier molecular flexibility index (Phi) is 5.88. The molecule has 1 N–H and O–H groups in total. The molecule has 0 bridgehead atoms. The molecule has 2 aromatic carbocycles. The van der Waals surface area contributed by atoms with Crippen molar-refractivity contribution in [3.05, 3.63) is 82.2 Å². The van der Waals surface area contributed by atoms with Crippen LogP contribution in [-0.2, 0) is 13.0 Å². The van der Waals surface area contributed by atoms with Gasteiger partial charge in [0.2, 0.25) is 0 Å². The first kappa shape index (κ1) is 19.7. The molecule has 0 aliphatic heterocycles. The molecule has 28 heavy (non-hydrogen) atoms. The third-order valence-corrected chi connectivity index (χ3v) is 5.24. The summed E-state index contributed by atoms with van der Waals surface area (Å²) >= 11 is 0. The fourth-order valence-electron chi connectivity index (χ4n) is 3.83. The molecular weight excluding hydrogens is 348 g/mol. The Bertz CT molecular complexity index is 1000. The van der Waals surface area contributed by atoms with Crippen LogP contribution in [0, 0.1) is 20.8 Å². The standard InChI is InChI=1S/C24H28N2O2/c1-6-22-17(3)23(24(27)25-20-11-7-9-16(2)13-20)26(18(22)4)15-19-10-8-12-21(14-19)28-5/h7-14H,6,15H2,1-5H3,(H,25,27). The molecule has 3 aromatic rings. The summed E-state index contributed by atoms with van der Waals surface area (Å²) in [5.74, 6) is 0.745. The number of hydrogen-bond acceptors (Lipinski definition) is 2. The number of aryl methyl sites for hydroxylation is 1. The highest BCUT2D eigenvalue weighted by Crippen LogP contribution is 2.26. The van der Waals surface area contributed by atoms with Crippen LogP contribution in [-0.4, -0.2) is 17.6 Å². The highest BCUT2D eigenvalue weighted by atomic mass is 16.5. The highest BCUT2D eigenvalue weighted by Gasteiger charge is 2.22. The number of carbonyl (C=O) groups excluding carboxylic acids is 1. The van der Waals surface area contributed by atoms with Gasteiger partial charge in [-0.3, -0.25) is 4.79 Å². The molecular formula is C24H28N2O2. The molecule has 0 aliphatic carbocycles. The SMILES string of the molecule is CCc1c(C)c(C(=O)Nc2cccc(C)c2)n(Cc2cccc(OC)c2)c1C. The van der Waals surface area contributed by atoms with Crippen LogP contribution < -0.4 is 10.1 Å². The fourth-order valence-corrected chi connectivity index (χ4v) is 3.83. The Balaban J connectivity index is 2.00. The van der Waals surface area contributed by atoms with Gasteiger partial charge in [0.1, 0.15) is 11.4 Å². The Labute approximate surface area is 167 Å². The predicted octanol–water partition coefficient (Wildman–Crippen LogP) is 5.28. The zero-order valence-corrected chi connectivity index (χ0v) is 17.3. The van der Waals surface area contributed by atoms with Crippen molar-refractivity contribution < 1.29 is 9.53 Å². The Morgan fingerprint density at radius 2 is 1.82 bits per heavy atom. The minimum atomic E-state index is -0.0752. The Morgan fingerprint density at radius 1 is 1.07 bits per heavy atom. The van der Waals surface area contributed by atoms with E-state index in [4.69, 9.17) is 4.74 Å². The number of nitrogens with one attached hydrogen (secondary N) is 1. The minimum absolute atomic E-state index is 0.0752. The van der Waals surface area contributed by atoms with E-state index in [1.807, 2.05) is 56.3 Å². The van der Waals surface area contributed by atoms with Crippen molar-refractivity contribution in [3.63, 3.8) is 0 Å². The number of nitrogens with zero attached hydrogens (tertiary/aromatic N) is 1. The number of benzene rings is 2. The van der Waals surface area contributed by atoms with Crippen molar-refractivity contribution in [2.75, 3.05) is 12.4 Å². The Hall–Kier alpha value is -3.01. The number of rotatable bonds is 6. The number of hydrogen-bond donors (Lipinski definition) is 1. The second-order valence-electron chi connectivity index (χ2n) is 7.15. The van der Waals surface area contributed by atoms with Gasteiger partial charge in [-0.2, -0.15) is 0 Å². The number of carbonyl (C=O) groups is 1. The molecule has 1 heterocycles. The van der Waals surface area contributed by atoms with Crippen LogP contribution in [0.1, 0.15) is 45.4 Å². The molecule has 3 rings (SSSR count). The maximum Gasteiger partial charge on any atom is 0.272 e. The lowest BCUT2D eigenvalue weighted by Gasteiger charge is -2.14. The predicted molar refractivity (Wildman–Crippen MR) is 115 cm³/mol. The molecule has 0 unspecified atom stereocenters. The summed E-state index contributed by atoms with van der Waals surface area (Å²) < 4.78 is 7.47. The second kappa shape index (κ2) is 8.34. The van der Waals surface area contributed by atoms with Crippen molar-refractivity contribution in [2.24, 2.45) is 0 Å². The van der Waals surface area contributed by atoms with E-state index in [1.165, 1.54) is 5.56 Å². The number of anilines is 1. The quantitative estimate of drug-likeness (QED) is 0.636. The lowest BCUT2D eigenvalue weighted by molar-refractivity contribution is 0.101. The van der Waals surface area contributed by atoms with Crippen molar-refractivity contribution in [3.8, 4) is 5.75 Å². The minimum Gasteiger partial charge on any atom is -0.497 e. The third-order valence-electron chi connectivity index (χ3n) is 5.24. The van der Waals surface area contributed by atoms with E-state index in [-0.39, 0.29) is 5.91 Å².